The summed E-state index contributed by atoms with van der Waals surface area (Å²) in [6.07, 6.45) is 19.7. The molecule has 2 spiro atoms. The van der Waals surface area contributed by atoms with Crippen molar-refractivity contribution >= 4 is 0 Å². The molecule has 3 nitrogen and oxygen atoms in total. The molecule has 0 amide bonds. The zero-order valence-corrected chi connectivity index (χ0v) is 22.0. The van der Waals surface area contributed by atoms with Crippen molar-refractivity contribution in [3.05, 3.63) is 24.3 Å². The molecular weight excluding hydrogens is 408 g/mol. The van der Waals surface area contributed by atoms with E-state index in [1.165, 1.54) is 38.5 Å². The summed E-state index contributed by atoms with van der Waals surface area (Å²) in [6, 6.07) is 0. The van der Waals surface area contributed by atoms with E-state index >= 15 is 0 Å². The summed E-state index contributed by atoms with van der Waals surface area (Å²) >= 11 is 0. The van der Waals surface area contributed by atoms with Crippen molar-refractivity contribution in [1.29, 1.82) is 0 Å². The van der Waals surface area contributed by atoms with Crippen molar-refractivity contribution in [3.8, 4) is 0 Å². The Morgan fingerprint density at radius 3 is 2.36 bits per heavy atom. The molecule has 2 bridgehead atoms. The SMILES string of the molecule is CC(C)C[C@@H](C)/C=C/[C@@H](C)C[C@H]1CC[C@@H]2[C@]1(C)CC[C@H]1[C@]23C=C[C@]2(C[C@@H](O)CC[C@]12C)OO3. The van der Waals surface area contributed by atoms with Gasteiger partial charge in [-0.2, -0.15) is 0 Å². The highest BCUT2D eigenvalue weighted by Gasteiger charge is 2.74. The average Bonchev–Trinajstić information content (AvgIpc) is 3.08. The van der Waals surface area contributed by atoms with Crippen LogP contribution in [-0.2, 0) is 9.78 Å². The highest BCUT2D eigenvalue weighted by Crippen LogP contribution is 2.72. The maximum absolute atomic E-state index is 10.4. The standard InChI is InChI=1S/C30H48O3/c1-20(2)17-21(3)7-8-22(4)18-23-9-10-25-27(23,5)13-12-26-28(6)14-11-24(31)19-29(28)15-16-30(25,26)33-32-29/h7-8,15-16,20-26,31H,9-14,17-19H2,1-6H3/b8-7+/t21-,22+,23+,24-,25+,26+,27+,28+,29+,30-/m0/s1. The van der Waals surface area contributed by atoms with E-state index in [0.717, 1.165) is 24.7 Å². The number of aliphatic hydroxyl groups is 1. The molecule has 0 radical (unpaired) electrons. The molecule has 3 heteroatoms. The first kappa shape index (κ1) is 24.1. The van der Waals surface area contributed by atoms with Gasteiger partial charge < -0.3 is 5.11 Å². The zero-order valence-electron chi connectivity index (χ0n) is 22.0. The van der Waals surface area contributed by atoms with Gasteiger partial charge in [-0.1, -0.05) is 59.8 Å². The van der Waals surface area contributed by atoms with E-state index in [0.29, 0.717) is 35.5 Å². The zero-order chi connectivity index (χ0) is 23.6. The van der Waals surface area contributed by atoms with Crippen LogP contribution in [0.4, 0.5) is 0 Å². The molecule has 33 heavy (non-hydrogen) atoms. The van der Waals surface area contributed by atoms with Gasteiger partial charge >= 0.3 is 0 Å². The van der Waals surface area contributed by atoms with Crippen LogP contribution in [-0.4, -0.2) is 22.4 Å². The Morgan fingerprint density at radius 1 is 0.909 bits per heavy atom. The molecule has 6 rings (SSSR count). The Balaban J connectivity index is 1.35. The van der Waals surface area contributed by atoms with Gasteiger partial charge in [0.2, 0.25) is 0 Å². The van der Waals surface area contributed by atoms with Crippen LogP contribution in [0.25, 0.3) is 0 Å². The van der Waals surface area contributed by atoms with Crippen LogP contribution in [0.15, 0.2) is 24.3 Å². The van der Waals surface area contributed by atoms with Crippen molar-refractivity contribution in [2.45, 2.75) is 117 Å². The van der Waals surface area contributed by atoms with E-state index in [1.54, 1.807) is 0 Å². The third kappa shape index (κ3) is 3.54. The lowest BCUT2D eigenvalue weighted by molar-refractivity contribution is -0.497. The molecule has 3 saturated carbocycles. The quantitative estimate of drug-likeness (QED) is 0.338. The van der Waals surface area contributed by atoms with Crippen molar-refractivity contribution in [2.75, 3.05) is 0 Å². The highest BCUT2D eigenvalue weighted by molar-refractivity contribution is 5.33. The lowest BCUT2D eigenvalue weighted by Gasteiger charge is -2.69. The van der Waals surface area contributed by atoms with E-state index in [1.807, 2.05) is 0 Å². The summed E-state index contributed by atoms with van der Waals surface area (Å²) in [5.74, 6) is 3.85. The minimum atomic E-state index is -0.436. The second-order valence-electron chi connectivity index (χ2n) is 13.7. The van der Waals surface area contributed by atoms with E-state index in [2.05, 4.69) is 65.8 Å². The summed E-state index contributed by atoms with van der Waals surface area (Å²) < 4.78 is 0. The summed E-state index contributed by atoms with van der Waals surface area (Å²) in [5.41, 5.74) is -0.320. The third-order valence-corrected chi connectivity index (χ3v) is 11.1. The van der Waals surface area contributed by atoms with Crippen LogP contribution in [0, 0.1) is 46.3 Å². The third-order valence-electron chi connectivity index (χ3n) is 11.1. The van der Waals surface area contributed by atoms with Crippen LogP contribution in [0.5, 0.6) is 0 Å². The molecule has 4 aliphatic carbocycles. The Bertz CT molecular complexity index is 802. The summed E-state index contributed by atoms with van der Waals surface area (Å²) in [6.45, 7) is 14.4. The van der Waals surface area contributed by atoms with E-state index in [4.69, 9.17) is 9.78 Å². The van der Waals surface area contributed by atoms with Crippen molar-refractivity contribution < 1.29 is 14.9 Å². The number of fused-ring (bicyclic) bond motifs is 2. The topological polar surface area (TPSA) is 38.7 Å². The molecule has 0 aromatic carbocycles. The molecule has 1 saturated heterocycles. The molecular formula is C30H48O3. The number of rotatable bonds is 6. The number of hydrogen-bond acceptors (Lipinski definition) is 3. The number of allylic oxidation sites excluding steroid dienone is 2. The summed E-state index contributed by atoms with van der Waals surface area (Å²) in [7, 11) is 0. The van der Waals surface area contributed by atoms with Gasteiger partial charge in [0.15, 0.2) is 0 Å². The average molecular weight is 457 g/mol. The van der Waals surface area contributed by atoms with Crippen molar-refractivity contribution in [1.82, 2.24) is 0 Å². The van der Waals surface area contributed by atoms with Gasteiger partial charge in [-0.15, -0.1) is 0 Å². The summed E-state index contributed by atoms with van der Waals surface area (Å²) in [5, 5.41) is 10.4. The van der Waals surface area contributed by atoms with E-state index < -0.39 is 5.60 Å². The first-order valence-electron chi connectivity index (χ1n) is 14.0. The second-order valence-corrected chi connectivity index (χ2v) is 13.7. The van der Waals surface area contributed by atoms with Crippen LogP contribution in [0.3, 0.4) is 0 Å². The molecule has 4 fully saturated rings. The molecule has 0 unspecified atom stereocenters. The summed E-state index contributed by atoms with van der Waals surface area (Å²) in [4.78, 5) is 12.8. The molecule has 2 heterocycles. The maximum Gasteiger partial charge on any atom is 0.130 e. The van der Waals surface area contributed by atoms with E-state index in [9.17, 15) is 5.11 Å². The fraction of sp³-hybridized carbons (Fsp3) is 0.867. The van der Waals surface area contributed by atoms with Crippen molar-refractivity contribution in [2.24, 2.45) is 46.3 Å². The van der Waals surface area contributed by atoms with Crippen LogP contribution >= 0.6 is 0 Å². The monoisotopic (exact) mass is 456 g/mol. The predicted octanol–water partition coefficient (Wildman–Crippen LogP) is 7.25. The normalized spacial score (nSPS) is 50.3. The molecule has 186 valence electrons. The first-order valence-corrected chi connectivity index (χ1v) is 14.0. The molecule has 10 atom stereocenters. The molecule has 0 aromatic heterocycles. The van der Waals surface area contributed by atoms with Crippen molar-refractivity contribution in [3.63, 3.8) is 0 Å². The van der Waals surface area contributed by atoms with Gasteiger partial charge in [-0.25, -0.2) is 9.78 Å². The van der Waals surface area contributed by atoms with Gasteiger partial charge in [-0.3, -0.25) is 0 Å². The van der Waals surface area contributed by atoms with Gasteiger partial charge in [0.05, 0.1) is 6.10 Å². The van der Waals surface area contributed by atoms with Crippen LogP contribution in [0.1, 0.15) is 99.3 Å². The smallest absolute Gasteiger partial charge is 0.130 e. The molecule has 2 aliphatic heterocycles. The molecule has 0 aromatic rings. The molecule has 6 aliphatic rings. The Morgan fingerprint density at radius 2 is 1.67 bits per heavy atom. The fourth-order valence-electron chi connectivity index (χ4n) is 9.32. The van der Waals surface area contributed by atoms with Gasteiger partial charge in [0.1, 0.15) is 11.2 Å². The highest BCUT2D eigenvalue weighted by atomic mass is 17.2. The molecule has 1 N–H and O–H groups in total. The minimum Gasteiger partial charge on any atom is -0.393 e. The Kier molecular flexibility index (Phi) is 5.98. The lowest BCUT2D eigenvalue weighted by Crippen LogP contribution is -2.73. The Labute approximate surface area is 202 Å². The van der Waals surface area contributed by atoms with Gasteiger partial charge in [0, 0.05) is 23.7 Å². The minimum absolute atomic E-state index is 0.0707. The van der Waals surface area contributed by atoms with Crippen LogP contribution in [0.2, 0.25) is 0 Å². The van der Waals surface area contributed by atoms with Gasteiger partial charge in [-0.05, 0) is 86.5 Å². The maximum atomic E-state index is 10.4. The van der Waals surface area contributed by atoms with Crippen LogP contribution < -0.4 is 0 Å². The number of hydrogen-bond donors (Lipinski definition) is 1. The largest absolute Gasteiger partial charge is 0.393 e. The second kappa shape index (κ2) is 8.20. The fourth-order valence-corrected chi connectivity index (χ4v) is 9.32. The van der Waals surface area contributed by atoms with Gasteiger partial charge in [0.25, 0.3) is 0 Å². The van der Waals surface area contributed by atoms with E-state index in [-0.39, 0.29) is 17.1 Å². The first-order chi connectivity index (χ1) is 15.5. The number of aliphatic hydroxyl groups excluding tert-OH is 1. The Hall–Kier alpha value is -0.640. The predicted molar refractivity (Wildman–Crippen MR) is 133 cm³/mol. The lowest BCUT2D eigenvalue weighted by atomic mass is 9.43.